The Bertz CT molecular complexity index is 416. The van der Waals surface area contributed by atoms with Crippen LogP contribution in [-0.4, -0.2) is 38.8 Å². The topological polar surface area (TPSA) is 60.0 Å². The Labute approximate surface area is 115 Å². The maximum absolute atomic E-state index is 6.00. The molecular weight excluding hydrogens is 238 g/mol. The van der Waals surface area contributed by atoms with Crippen molar-refractivity contribution in [3.63, 3.8) is 0 Å². The van der Waals surface area contributed by atoms with Gasteiger partial charge in [-0.05, 0) is 31.2 Å². The number of fused-ring (bicyclic) bond motifs is 1. The minimum absolute atomic E-state index is 0.647. The average Bonchev–Trinajstić information content (AvgIpc) is 2.93. The zero-order valence-corrected chi connectivity index (χ0v) is 11.8. The van der Waals surface area contributed by atoms with Gasteiger partial charge >= 0.3 is 0 Å². The second kappa shape index (κ2) is 5.59. The fourth-order valence-corrected chi connectivity index (χ4v) is 3.76. The lowest BCUT2D eigenvalue weighted by Gasteiger charge is -2.43. The molecule has 0 bridgehead atoms. The highest BCUT2D eigenvalue weighted by Gasteiger charge is 2.34. The summed E-state index contributed by atoms with van der Waals surface area (Å²) in [6.07, 6.45) is 7.12. The molecular formula is C14H25N5. The van der Waals surface area contributed by atoms with E-state index in [1.165, 1.54) is 25.7 Å². The zero-order valence-electron chi connectivity index (χ0n) is 11.8. The summed E-state index contributed by atoms with van der Waals surface area (Å²) in [5.41, 5.74) is 6.00. The van der Waals surface area contributed by atoms with Gasteiger partial charge in [-0.15, -0.1) is 10.2 Å². The summed E-state index contributed by atoms with van der Waals surface area (Å²) in [6.45, 7) is 6.22. The first-order valence-corrected chi connectivity index (χ1v) is 7.62. The quantitative estimate of drug-likeness (QED) is 0.891. The first-order valence-electron chi connectivity index (χ1n) is 7.62. The molecule has 1 saturated carbocycles. The highest BCUT2D eigenvalue weighted by Crippen LogP contribution is 2.34. The molecule has 5 nitrogen and oxygen atoms in total. The van der Waals surface area contributed by atoms with Crippen molar-refractivity contribution in [1.29, 1.82) is 0 Å². The second-order valence-corrected chi connectivity index (χ2v) is 6.06. The van der Waals surface area contributed by atoms with Crippen LogP contribution in [0.25, 0.3) is 0 Å². The summed E-state index contributed by atoms with van der Waals surface area (Å²) in [6, 6.07) is 0.647. The van der Waals surface area contributed by atoms with E-state index >= 15 is 0 Å². The van der Waals surface area contributed by atoms with Gasteiger partial charge in [0.2, 0.25) is 0 Å². The third-order valence-corrected chi connectivity index (χ3v) is 5.08. The number of aromatic nitrogens is 3. The molecule has 2 heterocycles. The Morgan fingerprint density at radius 1 is 1.37 bits per heavy atom. The summed E-state index contributed by atoms with van der Waals surface area (Å²) in [4.78, 5) is 2.60. The predicted molar refractivity (Wildman–Crippen MR) is 74.4 cm³/mol. The number of nitrogens with two attached hydrogens (primary N) is 1. The lowest BCUT2D eigenvalue weighted by molar-refractivity contribution is 0.0581. The smallest absolute Gasteiger partial charge is 0.147 e. The molecule has 106 valence electrons. The molecule has 1 fully saturated rings. The van der Waals surface area contributed by atoms with Crippen LogP contribution in [0.3, 0.4) is 0 Å². The lowest BCUT2D eigenvalue weighted by Crippen LogP contribution is -2.49. The molecule has 0 radical (unpaired) electrons. The first kappa shape index (κ1) is 13.1. The van der Waals surface area contributed by atoms with Gasteiger partial charge in [0.25, 0.3) is 0 Å². The molecule has 0 aromatic carbocycles. The van der Waals surface area contributed by atoms with Crippen LogP contribution in [0.1, 0.15) is 38.4 Å². The van der Waals surface area contributed by atoms with E-state index < -0.39 is 0 Å². The van der Waals surface area contributed by atoms with Crippen molar-refractivity contribution < 1.29 is 0 Å². The van der Waals surface area contributed by atoms with Crippen LogP contribution >= 0.6 is 0 Å². The number of hydrogen-bond acceptors (Lipinski definition) is 4. The van der Waals surface area contributed by atoms with Crippen molar-refractivity contribution in [3.8, 4) is 0 Å². The zero-order chi connectivity index (χ0) is 13.2. The monoisotopic (exact) mass is 263 g/mol. The van der Waals surface area contributed by atoms with Crippen LogP contribution in [0.15, 0.2) is 6.33 Å². The summed E-state index contributed by atoms with van der Waals surface area (Å²) in [5, 5.41) is 8.25. The highest BCUT2D eigenvalue weighted by atomic mass is 15.3. The molecule has 3 atom stereocenters. The average molecular weight is 263 g/mol. The Morgan fingerprint density at radius 3 is 3.05 bits per heavy atom. The predicted octanol–water partition coefficient (Wildman–Crippen LogP) is 1.25. The van der Waals surface area contributed by atoms with Gasteiger partial charge in [-0.1, -0.05) is 19.8 Å². The molecule has 1 aliphatic carbocycles. The van der Waals surface area contributed by atoms with Crippen molar-refractivity contribution in [1.82, 2.24) is 19.7 Å². The van der Waals surface area contributed by atoms with E-state index in [0.717, 1.165) is 37.9 Å². The van der Waals surface area contributed by atoms with Crippen LogP contribution in [0, 0.1) is 11.8 Å². The minimum Gasteiger partial charge on any atom is -0.330 e. The van der Waals surface area contributed by atoms with Gasteiger partial charge < -0.3 is 10.3 Å². The minimum atomic E-state index is 0.647. The van der Waals surface area contributed by atoms with Crippen LogP contribution in [0.4, 0.5) is 0 Å². The largest absolute Gasteiger partial charge is 0.330 e. The van der Waals surface area contributed by atoms with Crippen LogP contribution < -0.4 is 5.73 Å². The third-order valence-electron chi connectivity index (χ3n) is 5.08. The molecule has 1 aromatic rings. The van der Waals surface area contributed by atoms with E-state index in [4.69, 9.17) is 5.73 Å². The van der Waals surface area contributed by atoms with E-state index in [9.17, 15) is 0 Å². The van der Waals surface area contributed by atoms with Crippen molar-refractivity contribution in [2.24, 2.45) is 17.6 Å². The van der Waals surface area contributed by atoms with Crippen molar-refractivity contribution in [2.45, 2.75) is 51.7 Å². The fourth-order valence-electron chi connectivity index (χ4n) is 3.76. The summed E-state index contributed by atoms with van der Waals surface area (Å²) in [5.74, 6) is 2.66. The van der Waals surface area contributed by atoms with Gasteiger partial charge in [0.15, 0.2) is 0 Å². The Kier molecular flexibility index (Phi) is 3.84. The van der Waals surface area contributed by atoms with Gasteiger partial charge in [-0.2, -0.15) is 0 Å². The molecule has 2 N–H and O–H groups in total. The molecule has 1 aliphatic heterocycles. The highest BCUT2D eigenvalue weighted by molar-refractivity contribution is 4.95. The maximum atomic E-state index is 6.00. The van der Waals surface area contributed by atoms with Crippen LogP contribution in [0.5, 0.6) is 0 Å². The molecule has 0 saturated heterocycles. The van der Waals surface area contributed by atoms with Crippen molar-refractivity contribution in [2.75, 3.05) is 13.1 Å². The normalized spacial score (nSPS) is 32.2. The molecule has 5 heteroatoms. The number of nitrogens with zero attached hydrogens (tertiary/aromatic N) is 4. The van der Waals surface area contributed by atoms with E-state index in [-0.39, 0.29) is 0 Å². The number of rotatable bonds is 3. The van der Waals surface area contributed by atoms with E-state index in [0.29, 0.717) is 12.0 Å². The van der Waals surface area contributed by atoms with E-state index in [1.807, 2.05) is 6.33 Å². The summed E-state index contributed by atoms with van der Waals surface area (Å²) in [7, 11) is 0. The standard InChI is InChI=1S/C14H25N5/c1-2-11-3-4-12(8-15)13(7-11)18-5-6-19-10-16-17-14(19)9-18/h10-13H,2-9,15H2,1H3. The van der Waals surface area contributed by atoms with E-state index in [1.54, 1.807) is 0 Å². The fraction of sp³-hybridized carbons (Fsp3) is 0.857. The summed E-state index contributed by atoms with van der Waals surface area (Å²) < 4.78 is 2.17. The van der Waals surface area contributed by atoms with Gasteiger partial charge in [0.05, 0.1) is 6.54 Å². The second-order valence-electron chi connectivity index (χ2n) is 6.06. The van der Waals surface area contributed by atoms with Crippen molar-refractivity contribution >= 4 is 0 Å². The molecule has 0 spiro atoms. The van der Waals surface area contributed by atoms with Gasteiger partial charge in [0.1, 0.15) is 12.2 Å². The third kappa shape index (κ3) is 2.54. The Hall–Kier alpha value is -0.940. The Balaban J connectivity index is 1.72. The van der Waals surface area contributed by atoms with Gasteiger partial charge in [-0.3, -0.25) is 4.90 Å². The summed E-state index contributed by atoms with van der Waals surface area (Å²) >= 11 is 0. The molecule has 3 unspecified atom stereocenters. The van der Waals surface area contributed by atoms with Gasteiger partial charge in [-0.25, -0.2) is 0 Å². The molecule has 1 aromatic heterocycles. The first-order chi connectivity index (χ1) is 9.31. The molecule has 3 rings (SSSR count). The maximum Gasteiger partial charge on any atom is 0.147 e. The molecule has 19 heavy (non-hydrogen) atoms. The van der Waals surface area contributed by atoms with Gasteiger partial charge in [0, 0.05) is 19.1 Å². The molecule has 2 aliphatic rings. The number of hydrogen-bond donors (Lipinski definition) is 1. The van der Waals surface area contributed by atoms with Crippen LogP contribution in [-0.2, 0) is 13.1 Å². The lowest BCUT2D eigenvalue weighted by atomic mass is 9.76. The van der Waals surface area contributed by atoms with E-state index in [2.05, 4.69) is 26.6 Å². The van der Waals surface area contributed by atoms with Crippen LogP contribution in [0.2, 0.25) is 0 Å². The Morgan fingerprint density at radius 2 is 2.26 bits per heavy atom. The molecule has 0 amide bonds. The SMILES string of the molecule is CCC1CCC(CN)C(N2CCn3cnnc3C2)C1. The van der Waals surface area contributed by atoms with Crippen molar-refractivity contribution in [3.05, 3.63) is 12.2 Å².